The van der Waals surface area contributed by atoms with E-state index < -0.39 is 31.2 Å². The maximum atomic E-state index is 12.8. The normalized spacial score (nSPS) is 14.0. The van der Waals surface area contributed by atoms with Crippen LogP contribution in [0.4, 0.5) is 0 Å². The van der Waals surface area contributed by atoms with Crippen molar-refractivity contribution < 1.29 is 26.5 Å². The molecule has 0 saturated carbocycles. The third kappa shape index (κ3) is 6.13. The van der Waals surface area contributed by atoms with Crippen molar-refractivity contribution in [2.24, 2.45) is 0 Å². The average molecular weight is 447 g/mol. The number of aliphatic hydroxyl groups excluding tert-OH is 2. The van der Waals surface area contributed by atoms with Crippen LogP contribution in [0.3, 0.4) is 0 Å². The van der Waals surface area contributed by atoms with E-state index in [1.807, 2.05) is 6.92 Å². The minimum absolute atomic E-state index is 0.0441. The van der Waals surface area contributed by atoms with Gasteiger partial charge in [-0.1, -0.05) is 29.8 Å². The highest BCUT2D eigenvalue weighted by Crippen LogP contribution is 2.53. The zero-order chi connectivity index (χ0) is 20.8. The molecule has 1 atom stereocenters. The highest BCUT2D eigenvalue weighted by atomic mass is 32.3. The van der Waals surface area contributed by atoms with E-state index >= 15 is 0 Å². The van der Waals surface area contributed by atoms with Crippen LogP contribution in [0.5, 0.6) is 0 Å². The zero-order valence-electron chi connectivity index (χ0n) is 15.9. The fourth-order valence-electron chi connectivity index (χ4n) is 2.69. The largest absolute Gasteiger partial charge is 0.395 e. The second kappa shape index (κ2) is 10.00. The van der Waals surface area contributed by atoms with Gasteiger partial charge in [0.25, 0.3) is 0 Å². The minimum Gasteiger partial charge on any atom is -0.395 e. The molecule has 0 radical (unpaired) electrons. The fraction of sp³-hybridized carbons (Fsp3) is 0.368. The number of hydrogen-bond acceptors (Lipinski definition) is 6. The highest BCUT2D eigenvalue weighted by molar-refractivity contribution is 8.32. The molecule has 0 amide bonds. The molecule has 2 N–H and O–H groups in total. The Morgan fingerprint density at radius 1 is 0.929 bits per heavy atom. The summed E-state index contributed by atoms with van der Waals surface area (Å²) in [6, 6.07) is 13.3. The molecule has 2 rings (SSSR count). The summed E-state index contributed by atoms with van der Waals surface area (Å²) in [7, 11) is -7.53. The Hall–Kier alpha value is -1.23. The highest BCUT2D eigenvalue weighted by Gasteiger charge is 2.32. The maximum Gasteiger partial charge on any atom is 0.306 e. The van der Waals surface area contributed by atoms with E-state index in [0.29, 0.717) is 4.90 Å². The lowest BCUT2D eigenvalue weighted by molar-refractivity contribution is 0.312. The lowest BCUT2D eigenvalue weighted by Gasteiger charge is -2.37. The minimum atomic E-state index is -4.05. The van der Waals surface area contributed by atoms with Gasteiger partial charge in [-0.3, -0.25) is 4.21 Å². The molecule has 2 aromatic rings. The summed E-state index contributed by atoms with van der Waals surface area (Å²) in [6.45, 7) is 1.35. The van der Waals surface area contributed by atoms with E-state index in [4.69, 9.17) is 3.63 Å². The maximum absolute atomic E-state index is 12.8. The van der Waals surface area contributed by atoms with Crippen LogP contribution in [0.25, 0.3) is 0 Å². The Bertz CT molecular complexity index is 886. The summed E-state index contributed by atoms with van der Waals surface area (Å²) in [5, 5.41) is 19.1. The summed E-state index contributed by atoms with van der Waals surface area (Å²) < 4.78 is 42.9. The molecule has 6 nitrogen and oxygen atoms in total. The van der Waals surface area contributed by atoms with Crippen molar-refractivity contribution in [3.05, 3.63) is 59.7 Å². The van der Waals surface area contributed by atoms with Crippen molar-refractivity contribution in [1.29, 1.82) is 0 Å². The van der Waals surface area contributed by atoms with Crippen molar-refractivity contribution >= 4 is 31.2 Å². The zero-order valence-corrected chi connectivity index (χ0v) is 18.4. The number of hydrogen-bond donors (Lipinski definition) is 2. The molecule has 9 heteroatoms. The van der Waals surface area contributed by atoms with Gasteiger partial charge in [0, 0.05) is 39.2 Å². The molecular formula is C19H26O6S3. The van der Waals surface area contributed by atoms with Gasteiger partial charge < -0.3 is 10.2 Å². The van der Waals surface area contributed by atoms with Crippen LogP contribution >= 0.6 is 10.3 Å². The molecule has 0 fully saturated rings. The van der Waals surface area contributed by atoms with Gasteiger partial charge >= 0.3 is 10.1 Å². The van der Waals surface area contributed by atoms with Crippen LogP contribution in [0.15, 0.2) is 58.3 Å². The van der Waals surface area contributed by atoms with Gasteiger partial charge in [0.05, 0.1) is 18.1 Å². The van der Waals surface area contributed by atoms with E-state index in [9.17, 15) is 22.8 Å². The third-order valence-electron chi connectivity index (χ3n) is 4.16. The van der Waals surface area contributed by atoms with Crippen molar-refractivity contribution in [1.82, 2.24) is 0 Å². The summed E-state index contributed by atoms with van der Waals surface area (Å²) in [5.41, 5.74) is 1.72. The quantitative estimate of drug-likeness (QED) is 0.581. The van der Waals surface area contributed by atoms with E-state index in [-0.39, 0.29) is 35.4 Å². The molecule has 0 aliphatic carbocycles. The van der Waals surface area contributed by atoms with Crippen LogP contribution in [0.2, 0.25) is 0 Å². The van der Waals surface area contributed by atoms with Crippen molar-refractivity contribution in [3.8, 4) is 0 Å². The van der Waals surface area contributed by atoms with Crippen molar-refractivity contribution in [2.45, 2.75) is 22.5 Å². The molecule has 28 heavy (non-hydrogen) atoms. The molecule has 1 unspecified atom stereocenters. The third-order valence-corrected chi connectivity index (χ3v) is 10.5. The van der Waals surface area contributed by atoms with Crippen molar-refractivity contribution in [2.75, 3.05) is 31.0 Å². The van der Waals surface area contributed by atoms with Crippen LogP contribution in [-0.4, -0.2) is 53.8 Å². The van der Waals surface area contributed by atoms with Crippen LogP contribution in [0, 0.1) is 6.92 Å². The van der Waals surface area contributed by atoms with Gasteiger partial charge in [-0.2, -0.15) is 8.42 Å². The molecule has 0 bridgehead atoms. The first-order valence-corrected chi connectivity index (χ1v) is 13.7. The topological polar surface area (TPSA) is 101 Å². The first-order valence-electron chi connectivity index (χ1n) is 8.64. The molecule has 0 aromatic heterocycles. The van der Waals surface area contributed by atoms with E-state index in [1.165, 1.54) is 12.1 Å². The van der Waals surface area contributed by atoms with E-state index in [0.717, 1.165) is 11.1 Å². The van der Waals surface area contributed by atoms with E-state index in [1.54, 1.807) is 42.7 Å². The monoisotopic (exact) mass is 446 g/mol. The van der Waals surface area contributed by atoms with Crippen molar-refractivity contribution in [3.63, 3.8) is 0 Å². The van der Waals surface area contributed by atoms with Gasteiger partial charge in [0.15, 0.2) is 0 Å². The Kier molecular flexibility index (Phi) is 8.23. The average Bonchev–Trinajstić information content (AvgIpc) is 2.62. The summed E-state index contributed by atoms with van der Waals surface area (Å²) in [4.78, 5) is 0.712. The molecule has 156 valence electrons. The number of aryl methyl sites for hydroxylation is 1. The van der Waals surface area contributed by atoms with Gasteiger partial charge in [-0.15, -0.1) is 10.3 Å². The Morgan fingerprint density at radius 3 is 1.93 bits per heavy atom. The first-order chi connectivity index (χ1) is 13.2. The van der Waals surface area contributed by atoms with Crippen LogP contribution in [-0.2, 0) is 30.3 Å². The lowest BCUT2D eigenvalue weighted by atomic mass is 10.2. The van der Waals surface area contributed by atoms with Crippen LogP contribution in [0.1, 0.15) is 11.1 Å². The lowest BCUT2D eigenvalue weighted by Crippen LogP contribution is -2.23. The number of aliphatic hydroxyl groups is 2. The molecular weight excluding hydrogens is 420 g/mol. The van der Waals surface area contributed by atoms with Gasteiger partial charge in [-0.05, 0) is 36.8 Å². The summed E-state index contributed by atoms with van der Waals surface area (Å²) in [6.07, 6.45) is 1.58. The standard InChI is InChI=1S/C19H26O6S3/c1-16-3-9-19(10-4-16)28(23,24)25-27(13-11-20,14-12-21)15-17-5-7-18(8-6-17)26(2)22/h3-10,20-21H,11-15H2,1-2H3. The molecule has 0 aliphatic heterocycles. The summed E-state index contributed by atoms with van der Waals surface area (Å²) in [5.74, 6) is 0.510. The SMILES string of the molecule is Cc1ccc(S(=O)(=O)OS(CCO)(CCO)Cc2ccc(S(C)=O)cc2)cc1. The van der Waals surface area contributed by atoms with Gasteiger partial charge in [0.1, 0.15) is 0 Å². The molecule has 0 saturated heterocycles. The van der Waals surface area contributed by atoms with E-state index in [2.05, 4.69) is 0 Å². The first kappa shape index (κ1) is 23.1. The molecule has 0 heterocycles. The van der Waals surface area contributed by atoms with Gasteiger partial charge in [0.2, 0.25) is 0 Å². The van der Waals surface area contributed by atoms with Gasteiger partial charge in [-0.25, -0.2) is 3.63 Å². The van der Waals surface area contributed by atoms with Crippen LogP contribution < -0.4 is 0 Å². The molecule has 0 aliphatic rings. The number of benzene rings is 2. The predicted molar refractivity (Wildman–Crippen MR) is 113 cm³/mol. The Labute approximate surface area is 170 Å². The predicted octanol–water partition coefficient (Wildman–Crippen LogP) is 2.34. The fourth-order valence-corrected chi connectivity index (χ4v) is 8.20. The second-order valence-electron chi connectivity index (χ2n) is 6.40. The smallest absolute Gasteiger partial charge is 0.306 e. The number of rotatable bonds is 10. The molecule has 0 spiro atoms. The second-order valence-corrected chi connectivity index (χ2v) is 12.7. The molecule has 2 aromatic carbocycles. The Morgan fingerprint density at radius 2 is 1.46 bits per heavy atom. The summed E-state index contributed by atoms with van der Waals surface area (Å²) >= 11 is 0. The Balaban J connectivity index is 2.36.